The van der Waals surface area contributed by atoms with Crippen LogP contribution >= 0.6 is 22.6 Å². The number of ether oxygens (including phenoxy) is 1. The minimum atomic E-state index is 0.794. The van der Waals surface area contributed by atoms with Gasteiger partial charge in [0.1, 0.15) is 0 Å². The lowest BCUT2D eigenvalue weighted by Crippen LogP contribution is -1.94. The van der Waals surface area contributed by atoms with Crippen LogP contribution in [-0.2, 0) is 4.74 Å². The van der Waals surface area contributed by atoms with Crippen molar-refractivity contribution >= 4 is 22.6 Å². The Balaban J connectivity index is 2.72. The van der Waals surface area contributed by atoms with E-state index < -0.39 is 0 Å². The van der Waals surface area contributed by atoms with E-state index in [2.05, 4.69) is 29.5 Å². The van der Waals surface area contributed by atoms with E-state index in [1.165, 1.54) is 12.8 Å². The van der Waals surface area contributed by atoms with Crippen LogP contribution in [0.5, 0.6) is 0 Å². The second kappa shape index (κ2) is 5.82. The standard InChI is InChI=1S/C6H13IO/c1-6(7)4-3-5-8-2/h6H,3-5H2,1-2H3. The smallest absolute Gasteiger partial charge is 0.0462 e. The van der Waals surface area contributed by atoms with Gasteiger partial charge in [-0.3, -0.25) is 0 Å². The molecule has 1 unspecified atom stereocenters. The van der Waals surface area contributed by atoms with Crippen molar-refractivity contribution in [2.45, 2.75) is 23.7 Å². The summed E-state index contributed by atoms with van der Waals surface area (Å²) in [7, 11) is 1.75. The summed E-state index contributed by atoms with van der Waals surface area (Å²) in [4.78, 5) is 0. The minimum absolute atomic E-state index is 0.794. The molecule has 0 aliphatic rings. The van der Waals surface area contributed by atoms with Crippen molar-refractivity contribution in [3.63, 3.8) is 0 Å². The Hall–Kier alpha value is 0.690. The Bertz CT molecular complexity index is 45.8. The Kier molecular flexibility index (Phi) is 6.32. The van der Waals surface area contributed by atoms with Crippen LogP contribution in [0.3, 0.4) is 0 Å². The molecule has 0 aliphatic heterocycles. The van der Waals surface area contributed by atoms with Gasteiger partial charge in [0.2, 0.25) is 0 Å². The Morgan fingerprint density at radius 1 is 1.62 bits per heavy atom. The van der Waals surface area contributed by atoms with Crippen LogP contribution in [0.1, 0.15) is 19.8 Å². The van der Waals surface area contributed by atoms with E-state index in [0.29, 0.717) is 0 Å². The molecule has 0 spiro atoms. The fraction of sp³-hybridized carbons (Fsp3) is 1.00. The summed E-state index contributed by atoms with van der Waals surface area (Å²) in [5, 5.41) is 0. The lowest BCUT2D eigenvalue weighted by molar-refractivity contribution is 0.193. The molecule has 0 aliphatic carbocycles. The zero-order valence-electron chi connectivity index (χ0n) is 5.48. The van der Waals surface area contributed by atoms with Gasteiger partial charge in [-0.05, 0) is 12.8 Å². The molecule has 0 aromatic rings. The van der Waals surface area contributed by atoms with Crippen LogP contribution < -0.4 is 0 Å². The lowest BCUT2D eigenvalue weighted by Gasteiger charge is -1.99. The van der Waals surface area contributed by atoms with Gasteiger partial charge in [-0.2, -0.15) is 0 Å². The van der Waals surface area contributed by atoms with Crippen molar-refractivity contribution < 1.29 is 4.74 Å². The fourth-order valence-electron chi connectivity index (χ4n) is 0.509. The molecule has 0 bridgehead atoms. The van der Waals surface area contributed by atoms with E-state index in [-0.39, 0.29) is 0 Å². The molecular formula is C6H13IO. The molecule has 1 atom stereocenters. The van der Waals surface area contributed by atoms with Crippen LogP contribution in [0.4, 0.5) is 0 Å². The largest absolute Gasteiger partial charge is 0.385 e. The van der Waals surface area contributed by atoms with Crippen molar-refractivity contribution in [2.75, 3.05) is 13.7 Å². The van der Waals surface area contributed by atoms with Gasteiger partial charge in [0.15, 0.2) is 0 Å². The average Bonchev–Trinajstić information content (AvgIpc) is 1.66. The van der Waals surface area contributed by atoms with E-state index in [0.717, 1.165) is 10.5 Å². The molecule has 0 rings (SSSR count). The quantitative estimate of drug-likeness (QED) is 0.407. The van der Waals surface area contributed by atoms with Gasteiger partial charge in [0.25, 0.3) is 0 Å². The predicted octanol–water partition coefficient (Wildman–Crippen LogP) is 2.24. The van der Waals surface area contributed by atoms with Crippen LogP contribution in [0.15, 0.2) is 0 Å². The first-order chi connectivity index (χ1) is 3.77. The summed E-state index contributed by atoms with van der Waals surface area (Å²) >= 11 is 2.43. The summed E-state index contributed by atoms with van der Waals surface area (Å²) in [6.07, 6.45) is 2.47. The van der Waals surface area contributed by atoms with Crippen LogP contribution in [0, 0.1) is 0 Å². The average molecular weight is 228 g/mol. The number of hydrogen-bond acceptors (Lipinski definition) is 1. The zero-order chi connectivity index (χ0) is 6.41. The molecular weight excluding hydrogens is 215 g/mol. The van der Waals surface area contributed by atoms with E-state index >= 15 is 0 Å². The maximum absolute atomic E-state index is 4.89. The van der Waals surface area contributed by atoms with Gasteiger partial charge in [0.05, 0.1) is 0 Å². The number of rotatable bonds is 4. The molecule has 50 valence electrons. The first kappa shape index (κ1) is 8.69. The molecule has 0 heterocycles. The number of hydrogen-bond donors (Lipinski definition) is 0. The Morgan fingerprint density at radius 3 is 2.62 bits per heavy atom. The zero-order valence-corrected chi connectivity index (χ0v) is 7.64. The fourth-order valence-corrected chi connectivity index (χ4v) is 0.949. The van der Waals surface area contributed by atoms with Gasteiger partial charge >= 0.3 is 0 Å². The minimum Gasteiger partial charge on any atom is -0.385 e. The predicted molar refractivity (Wildman–Crippen MR) is 44.6 cm³/mol. The Morgan fingerprint density at radius 2 is 2.25 bits per heavy atom. The van der Waals surface area contributed by atoms with Crippen molar-refractivity contribution in [1.82, 2.24) is 0 Å². The SMILES string of the molecule is COCCCC(C)I. The second-order valence-corrected chi connectivity index (χ2v) is 4.04. The van der Waals surface area contributed by atoms with Gasteiger partial charge in [-0.25, -0.2) is 0 Å². The molecule has 2 heteroatoms. The molecule has 8 heavy (non-hydrogen) atoms. The van der Waals surface area contributed by atoms with Gasteiger partial charge in [0, 0.05) is 17.6 Å². The molecule has 0 N–H and O–H groups in total. The summed E-state index contributed by atoms with van der Waals surface area (Å²) in [6, 6.07) is 0. The third-order valence-electron chi connectivity index (χ3n) is 0.950. The first-order valence-electron chi connectivity index (χ1n) is 2.90. The molecule has 1 nitrogen and oxygen atoms in total. The lowest BCUT2D eigenvalue weighted by atomic mass is 10.3. The second-order valence-electron chi connectivity index (χ2n) is 1.92. The molecule has 0 fully saturated rings. The van der Waals surface area contributed by atoms with Crippen molar-refractivity contribution in [2.24, 2.45) is 0 Å². The normalized spacial score (nSPS) is 13.9. The first-order valence-corrected chi connectivity index (χ1v) is 4.15. The van der Waals surface area contributed by atoms with E-state index in [1.54, 1.807) is 7.11 Å². The number of halogens is 1. The van der Waals surface area contributed by atoms with Crippen molar-refractivity contribution in [3.8, 4) is 0 Å². The maximum atomic E-state index is 4.89. The highest BCUT2D eigenvalue weighted by molar-refractivity contribution is 14.1. The molecule has 0 aromatic carbocycles. The van der Waals surface area contributed by atoms with E-state index in [1.807, 2.05) is 0 Å². The molecule has 0 aromatic heterocycles. The third-order valence-corrected chi connectivity index (χ3v) is 1.57. The topological polar surface area (TPSA) is 9.23 Å². The summed E-state index contributed by atoms with van der Waals surface area (Å²) in [5.74, 6) is 0. The van der Waals surface area contributed by atoms with Gasteiger partial charge < -0.3 is 4.74 Å². The Labute approximate surface area is 64.9 Å². The maximum Gasteiger partial charge on any atom is 0.0462 e. The van der Waals surface area contributed by atoms with Crippen LogP contribution in [0.2, 0.25) is 0 Å². The summed E-state index contributed by atoms with van der Waals surface area (Å²) in [5.41, 5.74) is 0. The van der Waals surface area contributed by atoms with Gasteiger partial charge in [-0.15, -0.1) is 0 Å². The van der Waals surface area contributed by atoms with Crippen LogP contribution in [-0.4, -0.2) is 17.6 Å². The molecule has 0 amide bonds. The van der Waals surface area contributed by atoms with Crippen molar-refractivity contribution in [1.29, 1.82) is 0 Å². The van der Waals surface area contributed by atoms with Crippen molar-refractivity contribution in [3.05, 3.63) is 0 Å². The summed E-state index contributed by atoms with van der Waals surface area (Å²) in [6.45, 7) is 3.13. The van der Waals surface area contributed by atoms with E-state index in [9.17, 15) is 0 Å². The molecule has 0 saturated carbocycles. The van der Waals surface area contributed by atoms with Crippen LogP contribution in [0.25, 0.3) is 0 Å². The molecule has 0 saturated heterocycles. The van der Waals surface area contributed by atoms with Gasteiger partial charge in [-0.1, -0.05) is 29.5 Å². The third kappa shape index (κ3) is 6.69. The number of methoxy groups -OCH3 is 1. The van der Waals surface area contributed by atoms with E-state index in [4.69, 9.17) is 4.74 Å². The monoisotopic (exact) mass is 228 g/mol. The highest BCUT2D eigenvalue weighted by Crippen LogP contribution is 2.06. The highest BCUT2D eigenvalue weighted by atomic mass is 127. The highest BCUT2D eigenvalue weighted by Gasteiger charge is 1.92. The summed E-state index contributed by atoms with van der Waals surface area (Å²) < 4.78 is 5.68. The number of alkyl halides is 1. The molecule has 0 radical (unpaired) electrons.